The maximum atomic E-state index is 11.9. The number of ketones is 1. The second kappa shape index (κ2) is 3.17. The Morgan fingerprint density at radius 3 is 2.80 bits per heavy atom. The lowest BCUT2D eigenvalue weighted by Crippen LogP contribution is -2.33. The van der Waals surface area contributed by atoms with Crippen molar-refractivity contribution >= 4 is 27.7 Å². The molecule has 0 fully saturated rings. The molecule has 15 heavy (non-hydrogen) atoms. The van der Waals surface area contributed by atoms with Crippen LogP contribution in [-0.4, -0.2) is 16.9 Å². The van der Waals surface area contributed by atoms with Crippen LogP contribution >= 0.6 is 15.9 Å². The summed E-state index contributed by atoms with van der Waals surface area (Å²) in [7, 11) is 0. The number of carboxylic acids is 1. The van der Waals surface area contributed by atoms with E-state index in [1.54, 1.807) is 18.2 Å². The van der Waals surface area contributed by atoms with Crippen molar-refractivity contribution in [3.05, 3.63) is 33.8 Å². The van der Waals surface area contributed by atoms with Crippen LogP contribution < -0.4 is 0 Å². The minimum atomic E-state index is -1.29. The maximum Gasteiger partial charge on any atom is 0.317 e. The molecule has 0 spiro atoms. The first kappa shape index (κ1) is 10.4. The molecule has 1 aliphatic rings. The Balaban J connectivity index is 2.55. The third kappa shape index (κ3) is 1.40. The fraction of sp³-hybridized carbons (Fsp3) is 0.273. The number of carboxylic acid groups (broad SMARTS) is 1. The van der Waals surface area contributed by atoms with Gasteiger partial charge in [0.1, 0.15) is 5.41 Å². The third-order valence-corrected chi connectivity index (χ3v) is 3.32. The zero-order chi connectivity index (χ0) is 11.2. The molecule has 1 unspecified atom stereocenters. The number of benzene rings is 1. The first-order chi connectivity index (χ1) is 6.95. The maximum absolute atomic E-state index is 11.9. The van der Waals surface area contributed by atoms with Gasteiger partial charge in [-0.15, -0.1) is 0 Å². The average Bonchev–Trinajstić information content (AvgIpc) is 2.40. The van der Waals surface area contributed by atoms with Gasteiger partial charge in [-0.25, -0.2) is 0 Å². The number of Topliss-reactive ketones (excluding diaryl/α,β-unsaturated/α-hetero) is 1. The number of carbonyl (C=O) groups excluding carboxylic acids is 1. The van der Waals surface area contributed by atoms with Crippen LogP contribution in [0.2, 0.25) is 0 Å². The van der Waals surface area contributed by atoms with Crippen LogP contribution in [-0.2, 0) is 11.2 Å². The van der Waals surface area contributed by atoms with Gasteiger partial charge in [0.25, 0.3) is 0 Å². The standard InChI is InChI=1S/C11H9BrO3/c1-11(10(14)15)5-6-4-7(12)2-3-8(6)9(11)13/h2-4H,5H2,1H3,(H,14,15). The van der Waals surface area contributed by atoms with Gasteiger partial charge in [0.15, 0.2) is 5.78 Å². The number of halogens is 1. The number of rotatable bonds is 1. The van der Waals surface area contributed by atoms with Crippen LogP contribution in [0.1, 0.15) is 22.8 Å². The van der Waals surface area contributed by atoms with Crippen molar-refractivity contribution in [3.63, 3.8) is 0 Å². The van der Waals surface area contributed by atoms with Crippen molar-refractivity contribution in [1.29, 1.82) is 0 Å². The molecule has 0 saturated carbocycles. The Kier molecular flexibility index (Phi) is 2.19. The summed E-state index contributed by atoms with van der Waals surface area (Å²) in [6, 6.07) is 5.24. The Hall–Kier alpha value is -1.16. The van der Waals surface area contributed by atoms with Gasteiger partial charge in [0, 0.05) is 10.0 Å². The molecule has 0 aromatic heterocycles. The molecule has 1 N–H and O–H groups in total. The largest absolute Gasteiger partial charge is 0.480 e. The summed E-state index contributed by atoms with van der Waals surface area (Å²) >= 11 is 3.30. The van der Waals surface area contributed by atoms with Crippen LogP contribution in [0.3, 0.4) is 0 Å². The molecule has 0 radical (unpaired) electrons. The zero-order valence-corrected chi connectivity index (χ0v) is 9.67. The number of carbonyl (C=O) groups is 2. The van der Waals surface area contributed by atoms with E-state index in [0.29, 0.717) is 5.56 Å². The third-order valence-electron chi connectivity index (χ3n) is 2.83. The van der Waals surface area contributed by atoms with Crippen molar-refractivity contribution in [2.75, 3.05) is 0 Å². The molecule has 0 heterocycles. The van der Waals surface area contributed by atoms with Gasteiger partial charge in [-0.05, 0) is 37.1 Å². The first-order valence-electron chi connectivity index (χ1n) is 4.52. The normalized spacial score (nSPS) is 24.0. The molecule has 1 aromatic carbocycles. The van der Waals surface area contributed by atoms with Gasteiger partial charge in [0.05, 0.1) is 0 Å². The van der Waals surface area contributed by atoms with Gasteiger partial charge in [0.2, 0.25) is 0 Å². The first-order valence-corrected chi connectivity index (χ1v) is 5.31. The van der Waals surface area contributed by atoms with Gasteiger partial charge >= 0.3 is 5.97 Å². The van der Waals surface area contributed by atoms with Crippen LogP contribution in [0.25, 0.3) is 0 Å². The van der Waals surface area contributed by atoms with E-state index in [1.165, 1.54) is 6.92 Å². The van der Waals surface area contributed by atoms with E-state index < -0.39 is 11.4 Å². The van der Waals surface area contributed by atoms with E-state index in [-0.39, 0.29) is 12.2 Å². The van der Waals surface area contributed by atoms with E-state index in [4.69, 9.17) is 5.11 Å². The quantitative estimate of drug-likeness (QED) is 0.796. The molecule has 0 aliphatic heterocycles. The number of fused-ring (bicyclic) bond motifs is 1. The Bertz CT molecular complexity index is 467. The fourth-order valence-electron chi connectivity index (χ4n) is 1.86. The molecular weight excluding hydrogens is 260 g/mol. The lowest BCUT2D eigenvalue weighted by atomic mass is 9.86. The molecule has 2 rings (SSSR count). The van der Waals surface area contributed by atoms with E-state index in [0.717, 1.165) is 10.0 Å². The van der Waals surface area contributed by atoms with E-state index in [1.807, 2.05) is 0 Å². The van der Waals surface area contributed by atoms with Crippen LogP contribution in [0.15, 0.2) is 22.7 Å². The summed E-state index contributed by atoms with van der Waals surface area (Å²) < 4.78 is 0.865. The van der Waals surface area contributed by atoms with Crippen molar-refractivity contribution in [2.45, 2.75) is 13.3 Å². The Labute approximate surface area is 95.2 Å². The van der Waals surface area contributed by atoms with E-state index in [9.17, 15) is 9.59 Å². The topological polar surface area (TPSA) is 54.4 Å². The highest BCUT2D eigenvalue weighted by Crippen LogP contribution is 2.37. The molecule has 78 valence electrons. The predicted octanol–water partition coefficient (Wildman–Crippen LogP) is 2.28. The highest BCUT2D eigenvalue weighted by Gasteiger charge is 2.47. The van der Waals surface area contributed by atoms with Gasteiger partial charge in [-0.1, -0.05) is 15.9 Å². The molecule has 0 saturated heterocycles. The summed E-state index contributed by atoms with van der Waals surface area (Å²) in [5.74, 6) is -1.35. The summed E-state index contributed by atoms with van der Waals surface area (Å²) in [4.78, 5) is 22.9. The predicted molar refractivity (Wildman–Crippen MR) is 57.9 cm³/mol. The molecule has 1 aromatic rings. The molecular formula is C11H9BrO3. The molecule has 0 bridgehead atoms. The van der Waals surface area contributed by atoms with E-state index in [2.05, 4.69) is 15.9 Å². The van der Waals surface area contributed by atoms with Gasteiger partial charge in [-0.3, -0.25) is 9.59 Å². The van der Waals surface area contributed by atoms with Crippen molar-refractivity contribution < 1.29 is 14.7 Å². The Morgan fingerprint density at radius 1 is 1.53 bits per heavy atom. The molecule has 1 atom stereocenters. The highest BCUT2D eigenvalue weighted by atomic mass is 79.9. The second-order valence-corrected chi connectivity index (χ2v) is 4.86. The van der Waals surface area contributed by atoms with Gasteiger partial charge < -0.3 is 5.11 Å². The summed E-state index contributed by atoms with van der Waals surface area (Å²) in [6.07, 6.45) is 0.274. The van der Waals surface area contributed by atoms with Crippen LogP contribution in [0.4, 0.5) is 0 Å². The lowest BCUT2D eigenvalue weighted by Gasteiger charge is -2.14. The Morgan fingerprint density at radius 2 is 2.20 bits per heavy atom. The van der Waals surface area contributed by atoms with Crippen molar-refractivity contribution in [1.82, 2.24) is 0 Å². The van der Waals surface area contributed by atoms with Crippen LogP contribution in [0, 0.1) is 5.41 Å². The molecule has 3 nitrogen and oxygen atoms in total. The minimum absolute atomic E-state index is 0.274. The van der Waals surface area contributed by atoms with E-state index >= 15 is 0 Å². The molecule has 1 aliphatic carbocycles. The van der Waals surface area contributed by atoms with Crippen molar-refractivity contribution in [2.24, 2.45) is 5.41 Å². The molecule has 0 amide bonds. The second-order valence-electron chi connectivity index (χ2n) is 3.94. The minimum Gasteiger partial charge on any atom is -0.480 e. The SMILES string of the molecule is CC1(C(=O)O)Cc2cc(Br)ccc2C1=O. The lowest BCUT2D eigenvalue weighted by molar-refractivity contribution is -0.144. The average molecular weight is 269 g/mol. The summed E-state index contributed by atoms with van der Waals surface area (Å²) in [6.45, 7) is 1.48. The monoisotopic (exact) mass is 268 g/mol. The number of hydrogen-bond acceptors (Lipinski definition) is 2. The fourth-order valence-corrected chi connectivity index (χ4v) is 2.27. The number of hydrogen-bond donors (Lipinski definition) is 1. The number of aliphatic carboxylic acids is 1. The smallest absolute Gasteiger partial charge is 0.317 e. The van der Waals surface area contributed by atoms with Crippen molar-refractivity contribution in [3.8, 4) is 0 Å². The summed E-state index contributed by atoms with van der Waals surface area (Å²) in [5, 5.41) is 9.05. The molecule has 4 heteroatoms. The highest BCUT2D eigenvalue weighted by molar-refractivity contribution is 9.10. The summed E-state index contributed by atoms with van der Waals surface area (Å²) in [5.41, 5.74) is 0.0470. The van der Waals surface area contributed by atoms with Crippen LogP contribution in [0.5, 0.6) is 0 Å². The van der Waals surface area contributed by atoms with Gasteiger partial charge in [-0.2, -0.15) is 0 Å². The zero-order valence-electron chi connectivity index (χ0n) is 8.08.